The molecule has 0 N–H and O–H groups in total. The number of ether oxygens (including phenoxy) is 1. The summed E-state index contributed by atoms with van der Waals surface area (Å²) in [6.07, 6.45) is 2.25. The van der Waals surface area contributed by atoms with Crippen LogP contribution in [0, 0.1) is 5.41 Å². The van der Waals surface area contributed by atoms with E-state index in [9.17, 15) is 4.79 Å². The van der Waals surface area contributed by atoms with Gasteiger partial charge in [-0.2, -0.15) is 0 Å². The molecule has 2 aliphatic rings. The zero-order valence-corrected chi connectivity index (χ0v) is 14.2. The summed E-state index contributed by atoms with van der Waals surface area (Å²) in [7, 11) is 0. The largest absolute Gasteiger partial charge is 0.377 e. The van der Waals surface area contributed by atoms with Gasteiger partial charge in [0.25, 0.3) is 5.91 Å². The Balaban J connectivity index is 1.33. The molecule has 0 aromatic heterocycles. The zero-order chi connectivity index (χ0) is 16.6. The number of benzene rings is 2. The molecule has 0 bridgehead atoms. The maximum atomic E-state index is 12.5. The van der Waals surface area contributed by atoms with E-state index in [0.29, 0.717) is 10.6 Å². The number of carbonyl (C=O) groups is 1. The molecule has 4 rings (SSSR count). The molecule has 124 valence electrons. The highest BCUT2D eigenvalue weighted by Crippen LogP contribution is 2.42. The smallest absolute Gasteiger partial charge is 0.253 e. The molecule has 0 aliphatic carbocycles. The third-order valence-corrected chi connectivity index (χ3v) is 5.28. The fourth-order valence-corrected chi connectivity index (χ4v) is 3.93. The second kappa shape index (κ2) is 6.23. The lowest BCUT2D eigenvalue weighted by atomic mass is 9.77. The first kappa shape index (κ1) is 15.7. The standard InChI is InChI=1S/C20H20ClNO2/c21-17-8-6-16(7-9-17)19(23)22-12-20(13-22)11-18(24-14-20)10-15-4-2-1-3-5-15/h1-9,18H,10-14H2/t18-/m1/s1. The van der Waals surface area contributed by atoms with Crippen molar-refractivity contribution < 1.29 is 9.53 Å². The first-order valence-electron chi connectivity index (χ1n) is 8.34. The minimum atomic E-state index is 0.0869. The van der Waals surface area contributed by atoms with Crippen molar-refractivity contribution >= 4 is 17.5 Å². The van der Waals surface area contributed by atoms with Gasteiger partial charge in [0, 0.05) is 29.1 Å². The third kappa shape index (κ3) is 3.06. The van der Waals surface area contributed by atoms with Crippen molar-refractivity contribution in [1.82, 2.24) is 4.90 Å². The van der Waals surface area contributed by atoms with E-state index in [2.05, 4.69) is 24.3 Å². The Bertz CT molecular complexity index is 723. The number of amides is 1. The second-order valence-corrected chi connectivity index (χ2v) is 7.43. The van der Waals surface area contributed by atoms with Crippen molar-refractivity contribution in [2.45, 2.75) is 18.9 Å². The van der Waals surface area contributed by atoms with Gasteiger partial charge in [0.05, 0.1) is 12.7 Å². The molecule has 2 aromatic rings. The van der Waals surface area contributed by atoms with E-state index in [1.54, 1.807) is 24.3 Å². The molecule has 1 atom stereocenters. The molecule has 1 spiro atoms. The van der Waals surface area contributed by atoms with Crippen LogP contribution in [0.3, 0.4) is 0 Å². The van der Waals surface area contributed by atoms with Crippen molar-refractivity contribution in [3.05, 3.63) is 70.7 Å². The molecule has 24 heavy (non-hydrogen) atoms. The predicted octanol–water partition coefficient (Wildman–Crippen LogP) is 3.81. The third-order valence-electron chi connectivity index (χ3n) is 5.02. The molecule has 4 heteroatoms. The van der Waals surface area contributed by atoms with Gasteiger partial charge in [-0.15, -0.1) is 0 Å². The monoisotopic (exact) mass is 341 g/mol. The Kier molecular flexibility index (Phi) is 4.07. The number of likely N-dealkylation sites (tertiary alicyclic amines) is 1. The minimum Gasteiger partial charge on any atom is -0.377 e. The normalized spacial score (nSPS) is 21.7. The first-order chi connectivity index (χ1) is 11.6. The summed E-state index contributed by atoms with van der Waals surface area (Å²) in [5.74, 6) is 0.0869. The van der Waals surface area contributed by atoms with Crippen molar-refractivity contribution in [3.8, 4) is 0 Å². The molecule has 2 fully saturated rings. The lowest BCUT2D eigenvalue weighted by Crippen LogP contribution is -2.58. The van der Waals surface area contributed by atoms with Crippen LogP contribution in [-0.2, 0) is 11.2 Å². The van der Waals surface area contributed by atoms with Crippen LogP contribution in [0.1, 0.15) is 22.3 Å². The summed E-state index contributed by atoms with van der Waals surface area (Å²) in [5, 5.41) is 0.652. The zero-order valence-electron chi connectivity index (χ0n) is 13.5. The number of halogens is 1. The molecular formula is C20H20ClNO2. The fraction of sp³-hybridized carbons (Fsp3) is 0.350. The maximum absolute atomic E-state index is 12.5. The summed E-state index contributed by atoms with van der Waals surface area (Å²) in [5.41, 5.74) is 2.17. The van der Waals surface area contributed by atoms with Gasteiger partial charge in [0.15, 0.2) is 0 Å². The Labute approximate surface area is 147 Å². The maximum Gasteiger partial charge on any atom is 0.253 e. The van der Waals surface area contributed by atoms with Gasteiger partial charge in [0.1, 0.15) is 0 Å². The first-order valence-corrected chi connectivity index (χ1v) is 8.72. The van der Waals surface area contributed by atoms with E-state index < -0.39 is 0 Å². The molecule has 0 unspecified atom stereocenters. The molecule has 2 saturated heterocycles. The summed E-state index contributed by atoms with van der Waals surface area (Å²) < 4.78 is 6.01. The van der Waals surface area contributed by atoms with Gasteiger partial charge in [-0.1, -0.05) is 41.9 Å². The van der Waals surface area contributed by atoms with Gasteiger partial charge in [0.2, 0.25) is 0 Å². The summed E-state index contributed by atoms with van der Waals surface area (Å²) >= 11 is 5.88. The van der Waals surface area contributed by atoms with Crippen LogP contribution in [0.15, 0.2) is 54.6 Å². The molecule has 3 nitrogen and oxygen atoms in total. The van der Waals surface area contributed by atoms with E-state index in [1.165, 1.54) is 5.56 Å². The van der Waals surface area contributed by atoms with Gasteiger partial charge in [-0.05, 0) is 42.7 Å². The van der Waals surface area contributed by atoms with E-state index in [-0.39, 0.29) is 17.4 Å². The topological polar surface area (TPSA) is 29.5 Å². The van der Waals surface area contributed by atoms with Crippen molar-refractivity contribution in [1.29, 1.82) is 0 Å². The van der Waals surface area contributed by atoms with Gasteiger partial charge < -0.3 is 9.64 Å². The molecule has 0 saturated carbocycles. The number of hydrogen-bond acceptors (Lipinski definition) is 2. The highest BCUT2D eigenvalue weighted by Gasteiger charge is 2.50. The van der Waals surface area contributed by atoms with Crippen molar-refractivity contribution in [2.24, 2.45) is 5.41 Å². The Hall–Kier alpha value is -1.84. The number of hydrogen-bond donors (Lipinski definition) is 0. The average Bonchev–Trinajstić information content (AvgIpc) is 2.99. The van der Waals surface area contributed by atoms with Crippen molar-refractivity contribution in [2.75, 3.05) is 19.7 Å². The predicted molar refractivity (Wildman–Crippen MR) is 94.3 cm³/mol. The summed E-state index contributed by atoms with van der Waals surface area (Å²) in [6.45, 7) is 2.34. The Morgan fingerprint density at radius 1 is 1.12 bits per heavy atom. The van der Waals surface area contributed by atoms with Gasteiger partial charge in [-0.3, -0.25) is 4.79 Å². The minimum absolute atomic E-state index is 0.0869. The quantitative estimate of drug-likeness (QED) is 0.849. The lowest BCUT2D eigenvalue weighted by Gasteiger charge is -2.47. The van der Waals surface area contributed by atoms with E-state index in [4.69, 9.17) is 16.3 Å². The SMILES string of the molecule is O=C(c1ccc(Cl)cc1)N1CC2(CO[C@H](Cc3ccccc3)C2)C1. The number of rotatable bonds is 3. The number of nitrogens with zero attached hydrogens (tertiary/aromatic N) is 1. The van der Waals surface area contributed by atoms with Crippen LogP contribution in [0.4, 0.5) is 0 Å². The molecule has 2 aromatic carbocycles. The summed E-state index contributed by atoms with van der Waals surface area (Å²) in [6, 6.07) is 17.6. The fourth-order valence-electron chi connectivity index (χ4n) is 3.81. The van der Waals surface area contributed by atoms with E-state index in [1.807, 2.05) is 11.0 Å². The van der Waals surface area contributed by atoms with Crippen LogP contribution in [0.5, 0.6) is 0 Å². The van der Waals surface area contributed by atoms with E-state index >= 15 is 0 Å². The molecule has 2 heterocycles. The molecule has 2 aliphatic heterocycles. The van der Waals surface area contributed by atoms with E-state index in [0.717, 1.165) is 32.5 Å². The molecular weight excluding hydrogens is 322 g/mol. The average molecular weight is 342 g/mol. The number of carbonyl (C=O) groups excluding carboxylic acids is 1. The van der Waals surface area contributed by atoms with Crippen LogP contribution in [-0.4, -0.2) is 36.6 Å². The Morgan fingerprint density at radius 2 is 1.83 bits per heavy atom. The highest BCUT2D eigenvalue weighted by atomic mass is 35.5. The van der Waals surface area contributed by atoms with Crippen LogP contribution in [0.25, 0.3) is 0 Å². The van der Waals surface area contributed by atoms with Gasteiger partial charge in [-0.25, -0.2) is 0 Å². The van der Waals surface area contributed by atoms with Gasteiger partial charge >= 0.3 is 0 Å². The highest BCUT2D eigenvalue weighted by molar-refractivity contribution is 6.30. The van der Waals surface area contributed by atoms with Crippen LogP contribution < -0.4 is 0 Å². The second-order valence-electron chi connectivity index (χ2n) is 6.99. The lowest BCUT2D eigenvalue weighted by molar-refractivity contribution is -0.00133. The Morgan fingerprint density at radius 3 is 2.54 bits per heavy atom. The molecule has 1 amide bonds. The molecule has 0 radical (unpaired) electrons. The summed E-state index contributed by atoms with van der Waals surface area (Å²) in [4.78, 5) is 14.4. The van der Waals surface area contributed by atoms with Crippen LogP contribution in [0.2, 0.25) is 5.02 Å². The van der Waals surface area contributed by atoms with Crippen molar-refractivity contribution in [3.63, 3.8) is 0 Å². The van der Waals surface area contributed by atoms with Crippen LogP contribution >= 0.6 is 11.6 Å².